The first kappa shape index (κ1) is 14.4. The van der Waals surface area contributed by atoms with Gasteiger partial charge in [0.05, 0.1) is 19.1 Å². The Hall–Kier alpha value is -1.00. The van der Waals surface area contributed by atoms with E-state index >= 15 is 0 Å². The van der Waals surface area contributed by atoms with E-state index < -0.39 is 0 Å². The molecular formula is C15H20O3S. The van der Waals surface area contributed by atoms with Gasteiger partial charge in [-0.3, -0.25) is 4.79 Å². The first-order chi connectivity index (χ1) is 9.24. The van der Waals surface area contributed by atoms with Crippen LogP contribution >= 0.6 is 11.8 Å². The van der Waals surface area contributed by atoms with Crippen molar-refractivity contribution in [3.63, 3.8) is 0 Å². The van der Waals surface area contributed by atoms with Gasteiger partial charge in [-0.2, -0.15) is 0 Å². The lowest BCUT2D eigenvalue weighted by Gasteiger charge is -2.18. The van der Waals surface area contributed by atoms with E-state index in [1.165, 1.54) is 12.0 Å². The van der Waals surface area contributed by atoms with Crippen molar-refractivity contribution in [1.29, 1.82) is 0 Å². The van der Waals surface area contributed by atoms with Gasteiger partial charge in [0.15, 0.2) is 0 Å². The number of esters is 1. The fourth-order valence-electron chi connectivity index (χ4n) is 2.44. The molecule has 2 atom stereocenters. The van der Waals surface area contributed by atoms with Crippen LogP contribution in [0.4, 0.5) is 0 Å². The van der Waals surface area contributed by atoms with E-state index in [0.29, 0.717) is 6.42 Å². The maximum absolute atomic E-state index is 12.0. The summed E-state index contributed by atoms with van der Waals surface area (Å²) in [5.41, 5.74) is 1.01. The molecule has 0 amide bonds. The highest BCUT2D eigenvalue weighted by Gasteiger charge is 2.27. The summed E-state index contributed by atoms with van der Waals surface area (Å²) >= 11 is 1.70. The first-order valence-corrected chi connectivity index (χ1v) is 7.80. The van der Waals surface area contributed by atoms with Crippen molar-refractivity contribution in [2.45, 2.75) is 36.2 Å². The molecule has 0 N–H and O–H groups in total. The second kappa shape index (κ2) is 6.96. The molecular weight excluding hydrogens is 260 g/mol. The molecule has 0 saturated carbocycles. The van der Waals surface area contributed by atoms with Crippen molar-refractivity contribution in [2.75, 3.05) is 20.0 Å². The maximum Gasteiger partial charge on any atom is 0.313 e. The lowest BCUT2D eigenvalue weighted by Crippen LogP contribution is -2.20. The van der Waals surface area contributed by atoms with Crippen molar-refractivity contribution in [2.24, 2.45) is 0 Å². The molecule has 19 heavy (non-hydrogen) atoms. The molecule has 1 saturated heterocycles. The van der Waals surface area contributed by atoms with E-state index in [1.54, 1.807) is 11.8 Å². The molecule has 1 aromatic carbocycles. The Morgan fingerprint density at radius 2 is 2.21 bits per heavy atom. The van der Waals surface area contributed by atoms with E-state index in [-0.39, 0.29) is 18.0 Å². The average Bonchev–Trinajstić information content (AvgIpc) is 2.97. The fraction of sp³-hybridized carbons (Fsp3) is 0.533. The molecule has 0 spiro atoms. The molecule has 1 aliphatic heterocycles. The summed E-state index contributed by atoms with van der Waals surface area (Å²) in [6, 6.07) is 8.13. The highest BCUT2D eigenvalue weighted by atomic mass is 32.2. The van der Waals surface area contributed by atoms with Gasteiger partial charge in [0, 0.05) is 11.5 Å². The summed E-state index contributed by atoms with van der Waals surface area (Å²) < 4.78 is 10.6. The minimum absolute atomic E-state index is 0.174. The van der Waals surface area contributed by atoms with E-state index in [2.05, 4.69) is 0 Å². The Morgan fingerprint density at radius 1 is 1.47 bits per heavy atom. The summed E-state index contributed by atoms with van der Waals surface area (Å²) in [6.07, 6.45) is 5.06. The molecule has 4 heteroatoms. The van der Waals surface area contributed by atoms with Gasteiger partial charge < -0.3 is 9.47 Å². The summed E-state index contributed by atoms with van der Waals surface area (Å²) in [5.74, 6) is -0.392. The standard InChI is InChI=1S/C15H20O3S/c1-17-15(16)14(10-12-4-3-9-18-12)11-5-7-13(19-2)8-6-11/h5-8,12,14H,3-4,9-10H2,1-2H3/t12-,14?/m1/s1. The van der Waals surface area contributed by atoms with Gasteiger partial charge in [-0.1, -0.05) is 12.1 Å². The quantitative estimate of drug-likeness (QED) is 0.613. The van der Waals surface area contributed by atoms with Crippen LogP contribution in [0.2, 0.25) is 0 Å². The zero-order valence-corrected chi connectivity index (χ0v) is 12.2. The number of hydrogen-bond donors (Lipinski definition) is 0. The van der Waals surface area contributed by atoms with Crippen LogP contribution in [-0.4, -0.2) is 32.0 Å². The topological polar surface area (TPSA) is 35.5 Å². The lowest BCUT2D eigenvalue weighted by atomic mass is 9.92. The monoisotopic (exact) mass is 280 g/mol. The number of benzene rings is 1. The number of carbonyl (C=O) groups is 1. The van der Waals surface area contributed by atoms with Crippen molar-refractivity contribution in [3.05, 3.63) is 29.8 Å². The second-order valence-corrected chi connectivity index (χ2v) is 5.60. The molecule has 0 radical (unpaired) electrons. The summed E-state index contributed by atoms with van der Waals surface area (Å²) in [7, 11) is 1.45. The van der Waals surface area contributed by atoms with Crippen LogP contribution in [0, 0.1) is 0 Å². The van der Waals surface area contributed by atoms with Gasteiger partial charge in [0.1, 0.15) is 0 Å². The van der Waals surface area contributed by atoms with Gasteiger partial charge in [-0.25, -0.2) is 0 Å². The van der Waals surface area contributed by atoms with Crippen LogP contribution in [0.25, 0.3) is 0 Å². The molecule has 1 unspecified atom stereocenters. The number of methoxy groups -OCH3 is 1. The molecule has 2 rings (SSSR count). The van der Waals surface area contributed by atoms with E-state index in [1.807, 2.05) is 30.5 Å². The Balaban J connectivity index is 2.12. The summed E-state index contributed by atoms with van der Waals surface area (Å²) in [4.78, 5) is 13.2. The number of rotatable bonds is 5. The fourth-order valence-corrected chi connectivity index (χ4v) is 2.85. The Labute approximate surface area is 118 Å². The first-order valence-electron chi connectivity index (χ1n) is 6.58. The molecule has 0 aromatic heterocycles. The molecule has 1 aromatic rings. The van der Waals surface area contributed by atoms with Crippen LogP contribution in [0.15, 0.2) is 29.2 Å². The summed E-state index contributed by atoms with van der Waals surface area (Å²) in [5, 5.41) is 0. The third-order valence-electron chi connectivity index (χ3n) is 3.53. The Bertz CT molecular complexity index is 410. The largest absolute Gasteiger partial charge is 0.469 e. The van der Waals surface area contributed by atoms with Gasteiger partial charge in [0.2, 0.25) is 0 Å². The van der Waals surface area contributed by atoms with Gasteiger partial charge >= 0.3 is 5.97 Å². The minimum Gasteiger partial charge on any atom is -0.469 e. The molecule has 104 valence electrons. The lowest BCUT2D eigenvalue weighted by molar-refractivity contribution is -0.143. The number of ether oxygens (including phenoxy) is 2. The average molecular weight is 280 g/mol. The third kappa shape index (κ3) is 3.74. The van der Waals surface area contributed by atoms with Crippen LogP contribution in [0.1, 0.15) is 30.7 Å². The third-order valence-corrected chi connectivity index (χ3v) is 4.27. The molecule has 0 bridgehead atoms. The molecule has 1 aliphatic rings. The predicted octanol–water partition coefficient (Wildman–Crippen LogP) is 3.23. The van der Waals surface area contributed by atoms with Gasteiger partial charge in [0.25, 0.3) is 0 Å². The van der Waals surface area contributed by atoms with E-state index in [9.17, 15) is 4.79 Å². The van der Waals surface area contributed by atoms with E-state index in [4.69, 9.17) is 9.47 Å². The van der Waals surface area contributed by atoms with Crippen LogP contribution < -0.4 is 0 Å². The summed E-state index contributed by atoms with van der Waals surface area (Å²) in [6.45, 7) is 0.809. The van der Waals surface area contributed by atoms with Crippen molar-refractivity contribution in [1.82, 2.24) is 0 Å². The number of thioether (sulfide) groups is 1. The molecule has 1 heterocycles. The minimum atomic E-state index is -0.219. The normalized spacial score (nSPS) is 20.2. The predicted molar refractivity (Wildman–Crippen MR) is 76.6 cm³/mol. The van der Waals surface area contributed by atoms with Crippen molar-refractivity contribution < 1.29 is 14.3 Å². The van der Waals surface area contributed by atoms with Crippen molar-refractivity contribution in [3.8, 4) is 0 Å². The van der Waals surface area contributed by atoms with Crippen molar-refractivity contribution >= 4 is 17.7 Å². The highest BCUT2D eigenvalue weighted by Crippen LogP contribution is 2.29. The van der Waals surface area contributed by atoms with Crippen LogP contribution in [0.5, 0.6) is 0 Å². The molecule has 0 aliphatic carbocycles. The smallest absolute Gasteiger partial charge is 0.313 e. The maximum atomic E-state index is 12.0. The number of carbonyl (C=O) groups excluding carboxylic acids is 1. The Kier molecular flexibility index (Phi) is 5.28. The van der Waals surface area contributed by atoms with Crippen LogP contribution in [-0.2, 0) is 14.3 Å². The van der Waals surface area contributed by atoms with Gasteiger partial charge in [-0.05, 0) is 43.2 Å². The zero-order chi connectivity index (χ0) is 13.7. The molecule has 3 nitrogen and oxygen atoms in total. The van der Waals surface area contributed by atoms with Gasteiger partial charge in [-0.15, -0.1) is 11.8 Å². The molecule has 1 fully saturated rings. The Morgan fingerprint density at radius 3 is 2.74 bits per heavy atom. The SMILES string of the molecule is COC(=O)C(C[C@H]1CCCO1)c1ccc(SC)cc1. The second-order valence-electron chi connectivity index (χ2n) is 4.72. The highest BCUT2D eigenvalue weighted by molar-refractivity contribution is 7.98. The number of hydrogen-bond acceptors (Lipinski definition) is 4. The zero-order valence-electron chi connectivity index (χ0n) is 11.4. The van der Waals surface area contributed by atoms with E-state index in [0.717, 1.165) is 25.0 Å². The van der Waals surface area contributed by atoms with Crippen LogP contribution in [0.3, 0.4) is 0 Å².